The lowest BCUT2D eigenvalue weighted by Crippen LogP contribution is -2.14. The Morgan fingerprint density at radius 2 is 1.87 bits per heavy atom. The average molecular weight is 419 g/mol. The van der Waals surface area contributed by atoms with Crippen molar-refractivity contribution in [1.29, 1.82) is 0 Å². The molecule has 0 saturated heterocycles. The Morgan fingerprint density at radius 1 is 1.07 bits per heavy atom. The predicted octanol–water partition coefficient (Wildman–Crippen LogP) is 4.59. The maximum atomic E-state index is 12.5. The van der Waals surface area contributed by atoms with Crippen LogP contribution in [-0.2, 0) is 18.4 Å². The van der Waals surface area contributed by atoms with Crippen LogP contribution < -0.4 is 10.1 Å². The standard InChI is InChI=1S/C23H22N4O2S/c1-16-7-5-10-18(13-16)29-14-21-25-26-23(27(21)2)30-15-22(28)24-20-12-6-9-17-8-3-4-11-19(17)20/h3-13H,14-15H2,1-2H3,(H,24,28). The average Bonchev–Trinajstić information content (AvgIpc) is 3.10. The van der Waals surface area contributed by atoms with Crippen LogP contribution in [0.5, 0.6) is 5.75 Å². The minimum Gasteiger partial charge on any atom is -0.486 e. The van der Waals surface area contributed by atoms with E-state index in [0.717, 1.165) is 27.8 Å². The third kappa shape index (κ3) is 4.63. The molecule has 0 fully saturated rings. The zero-order chi connectivity index (χ0) is 20.9. The molecule has 1 heterocycles. The molecule has 0 aliphatic carbocycles. The van der Waals surface area contributed by atoms with Gasteiger partial charge in [-0.3, -0.25) is 4.79 Å². The summed E-state index contributed by atoms with van der Waals surface area (Å²) < 4.78 is 7.65. The van der Waals surface area contributed by atoms with Gasteiger partial charge < -0.3 is 14.6 Å². The summed E-state index contributed by atoms with van der Waals surface area (Å²) in [6, 6.07) is 21.7. The van der Waals surface area contributed by atoms with Crippen molar-refractivity contribution in [3.63, 3.8) is 0 Å². The molecule has 0 spiro atoms. The lowest BCUT2D eigenvalue weighted by molar-refractivity contribution is -0.113. The van der Waals surface area contributed by atoms with Crippen LogP contribution in [0.25, 0.3) is 10.8 Å². The fraction of sp³-hybridized carbons (Fsp3) is 0.174. The van der Waals surface area contributed by atoms with Crippen molar-refractivity contribution in [3.8, 4) is 5.75 Å². The molecule has 0 radical (unpaired) electrons. The Balaban J connectivity index is 1.35. The second kappa shape index (κ2) is 9.00. The van der Waals surface area contributed by atoms with Gasteiger partial charge in [0.25, 0.3) is 0 Å². The number of hydrogen-bond donors (Lipinski definition) is 1. The van der Waals surface area contributed by atoms with Crippen LogP contribution in [0, 0.1) is 6.92 Å². The van der Waals surface area contributed by atoms with Gasteiger partial charge in [-0.25, -0.2) is 0 Å². The van der Waals surface area contributed by atoms with Gasteiger partial charge in [0, 0.05) is 18.1 Å². The minimum absolute atomic E-state index is 0.0862. The summed E-state index contributed by atoms with van der Waals surface area (Å²) in [6.07, 6.45) is 0. The van der Waals surface area contributed by atoms with E-state index in [-0.39, 0.29) is 11.7 Å². The van der Waals surface area contributed by atoms with Gasteiger partial charge in [-0.15, -0.1) is 10.2 Å². The highest BCUT2D eigenvalue weighted by molar-refractivity contribution is 7.99. The normalized spacial score (nSPS) is 10.9. The van der Waals surface area contributed by atoms with Crippen molar-refractivity contribution in [2.75, 3.05) is 11.1 Å². The zero-order valence-electron chi connectivity index (χ0n) is 16.8. The number of fused-ring (bicyclic) bond motifs is 1. The first-order valence-corrected chi connectivity index (χ1v) is 10.6. The molecule has 0 aliphatic rings. The number of thioether (sulfide) groups is 1. The number of benzene rings is 3. The Bertz CT molecular complexity index is 1180. The first kappa shape index (κ1) is 20.0. The molecule has 0 atom stereocenters. The topological polar surface area (TPSA) is 69.0 Å². The number of aryl methyl sites for hydroxylation is 1. The Hall–Kier alpha value is -3.32. The van der Waals surface area contributed by atoms with E-state index in [1.807, 2.05) is 85.3 Å². The van der Waals surface area contributed by atoms with Crippen molar-refractivity contribution in [2.24, 2.45) is 7.05 Å². The van der Waals surface area contributed by atoms with Gasteiger partial charge in [-0.05, 0) is 36.1 Å². The van der Waals surface area contributed by atoms with Crippen molar-refractivity contribution in [2.45, 2.75) is 18.7 Å². The number of rotatable bonds is 7. The number of aromatic nitrogens is 3. The predicted molar refractivity (Wildman–Crippen MR) is 120 cm³/mol. The smallest absolute Gasteiger partial charge is 0.234 e. The molecule has 0 bridgehead atoms. The molecule has 6 nitrogen and oxygen atoms in total. The SMILES string of the molecule is Cc1cccc(OCc2nnc(SCC(=O)Nc3cccc4ccccc34)n2C)c1. The highest BCUT2D eigenvalue weighted by atomic mass is 32.2. The number of anilines is 1. The molecule has 0 unspecified atom stereocenters. The number of hydrogen-bond acceptors (Lipinski definition) is 5. The van der Waals surface area contributed by atoms with Gasteiger partial charge in [0.05, 0.1) is 5.75 Å². The fourth-order valence-electron chi connectivity index (χ4n) is 3.10. The van der Waals surface area contributed by atoms with E-state index in [9.17, 15) is 4.79 Å². The second-order valence-corrected chi connectivity index (χ2v) is 7.87. The Labute approximate surface area is 179 Å². The molecule has 3 aromatic carbocycles. The number of ether oxygens (including phenoxy) is 1. The summed E-state index contributed by atoms with van der Waals surface area (Å²) >= 11 is 1.35. The van der Waals surface area contributed by atoms with Crippen LogP contribution in [0.3, 0.4) is 0 Å². The lowest BCUT2D eigenvalue weighted by Gasteiger charge is -2.09. The van der Waals surface area contributed by atoms with Crippen LogP contribution in [0.4, 0.5) is 5.69 Å². The molecular weight excluding hydrogens is 396 g/mol. The number of nitrogens with zero attached hydrogens (tertiary/aromatic N) is 3. The molecule has 7 heteroatoms. The van der Waals surface area contributed by atoms with E-state index >= 15 is 0 Å². The summed E-state index contributed by atoms with van der Waals surface area (Å²) in [5.74, 6) is 1.65. The first-order valence-electron chi connectivity index (χ1n) is 9.58. The molecule has 152 valence electrons. The maximum Gasteiger partial charge on any atom is 0.234 e. The fourth-order valence-corrected chi connectivity index (χ4v) is 3.83. The van der Waals surface area contributed by atoms with Gasteiger partial charge in [-0.2, -0.15) is 0 Å². The monoisotopic (exact) mass is 418 g/mol. The van der Waals surface area contributed by atoms with E-state index in [1.54, 1.807) is 0 Å². The quantitative estimate of drug-likeness (QED) is 0.445. The molecule has 1 aromatic heterocycles. The molecule has 4 aromatic rings. The Kier molecular flexibility index (Phi) is 5.99. The summed E-state index contributed by atoms with van der Waals surface area (Å²) in [6.45, 7) is 2.34. The van der Waals surface area contributed by atoms with Crippen LogP contribution in [0.15, 0.2) is 71.9 Å². The second-order valence-electron chi connectivity index (χ2n) is 6.93. The van der Waals surface area contributed by atoms with E-state index in [1.165, 1.54) is 11.8 Å². The van der Waals surface area contributed by atoms with Crippen molar-refractivity contribution < 1.29 is 9.53 Å². The molecule has 1 amide bonds. The highest BCUT2D eigenvalue weighted by Gasteiger charge is 2.13. The zero-order valence-corrected chi connectivity index (χ0v) is 17.6. The molecular formula is C23H22N4O2S. The molecule has 1 N–H and O–H groups in total. The van der Waals surface area contributed by atoms with Crippen molar-refractivity contribution in [1.82, 2.24) is 14.8 Å². The van der Waals surface area contributed by atoms with Crippen LogP contribution >= 0.6 is 11.8 Å². The molecule has 0 saturated carbocycles. The van der Waals surface area contributed by atoms with Gasteiger partial charge >= 0.3 is 0 Å². The molecule has 0 aliphatic heterocycles. The van der Waals surface area contributed by atoms with Crippen LogP contribution in [0.2, 0.25) is 0 Å². The minimum atomic E-state index is -0.0862. The number of carbonyl (C=O) groups is 1. The molecule has 4 rings (SSSR count). The van der Waals surface area contributed by atoms with E-state index in [2.05, 4.69) is 15.5 Å². The van der Waals surface area contributed by atoms with Crippen molar-refractivity contribution >= 4 is 34.1 Å². The summed E-state index contributed by atoms with van der Waals surface area (Å²) in [4.78, 5) is 12.5. The number of nitrogens with one attached hydrogen (secondary N) is 1. The van der Waals surface area contributed by atoms with Crippen LogP contribution in [0.1, 0.15) is 11.4 Å². The van der Waals surface area contributed by atoms with Crippen molar-refractivity contribution in [3.05, 3.63) is 78.1 Å². The third-order valence-electron chi connectivity index (χ3n) is 4.68. The van der Waals surface area contributed by atoms with Gasteiger partial charge in [0.1, 0.15) is 12.4 Å². The number of amides is 1. The van der Waals surface area contributed by atoms with E-state index < -0.39 is 0 Å². The Morgan fingerprint density at radius 3 is 2.73 bits per heavy atom. The lowest BCUT2D eigenvalue weighted by atomic mass is 10.1. The van der Waals surface area contributed by atoms with E-state index in [4.69, 9.17) is 4.74 Å². The summed E-state index contributed by atoms with van der Waals surface area (Å²) in [5.41, 5.74) is 1.95. The number of carbonyl (C=O) groups excluding carboxylic acids is 1. The largest absolute Gasteiger partial charge is 0.486 e. The highest BCUT2D eigenvalue weighted by Crippen LogP contribution is 2.24. The first-order chi connectivity index (χ1) is 14.6. The van der Waals surface area contributed by atoms with Crippen LogP contribution in [-0.4, -0.2) is 26.4 Å². The maximum absolute atomic E-state index is 12.5. The molecule has 30 heavy (non-hydrogen) atoms. The van der Waals surface area contributed by atoms with Gasteiger partial charge in [0.15, 0.2) is 11.0 Å². The van der Waals surface area contributed by atoms with Gasteiger partial charge in [0.2, 0.25) is 5.91 Å². The summed E-state index contributed by atoms with van der Waals surface area (Å²) in [5, 5.41) is 14.2. The van der Waals surface area contributed by atoms with Gasteiger partial charge in [-0.1, -0.05) is 60.3 Å². The van der Waals surface area contributed by atoms with E-state index in [0.29, 0.717) is 17.6 Å². The third-order valence-corrected chi connectivity index (χ3v) is 5.70. The summed E-state index contributed by atoms with van der Waals surface area (Å²) in [7, 11) is 1.87.